The third-order valence-electron chi connectivity index (χ3n) is 4.91. The summed E-state index contributed by atoms with van der Waals surface area (Å²) in [6, 6.07) is 11.1. The molecule has 2 aromatic rings. The lowest BCUT2D eigenvalue weighted by molar-refractivity contribution is 0.0674. The van der Waals surface area contributed by atoms with Gasteiger partial charge >= 0.3 is 0 Å². The van der Waals surface area contributed by atoms with Gasteiger partial charge in [-0.15, -0.1) is 0 Å². The second-order valence-electron chi connectivity index (χ2n) is 7.36. The van der Waals surface area contributed by atoms with Gasteiger partial charge in [0.2, 0.25) is 10.0 Å². The molecule has 1 unspecified atom stereocenters. The highest BCUT2D eigenvalue weighted by atomic mass is 32.2. The molecular weight excluding hydrogens is 378 g/mol. The highest BCUT2D eigenvalue weighted by Crippen LogP contribution is 2.20. The number of aromatic nitrogens is 1. The molecule has 1 aliphatic rings. The molecule has 1 saturated heterocycles. The van der Waals surface area contributed by atoms with Crippen LogP contribution in [-0.2, 0) is 10.0 Å². The van der Waals surface area contributed by atoms with Crippen molar-refractivity contribution in [3.8, 4) is 11.3 Å². The quantitative estimate of drug-likeness (QED) is 0.794. The zero-order chi connectivity index (χ0) is 20.3. The van der Waals surface area contributed by atoms with E-state index in [-0.39, 0.29) is 17.4 Å². The minimum absolute atomic E-state index is 0.0399. The fraction of sp³-hybridized carbons (Fsp3) is 0.400. The van der Waals surface area contributed by atoms with Gasteiger partial charge in [0.1, 0.15) is 5.56 Å². The first-order valence-electron chi connectivity index (χ1n) is 9.27. The Labute approximate surface area is 164 Å². The number of H-pyrrole nitrogens is 1. The highest BCUT2D eigenvalue weighted by Gasteiger charge is 2.26. The van der Waals surface area contributed by atoms with Crippen molar-refractivity contribution in [1.29, 1.82) is 0 Å². The van der Waals surface area contributed by atoms with Crippen LogP contribution >= 0.6 is 0 Å². The van der Waals surface area contributed by atoms with Gasteiger partial charge in [-0.05, 0) is 49.4 Å². The number of carbonyl (C=O) groups is 1. The van der Waals surface area contributed by atoms with E-state index in [2.05, 4.69) is 9.71 Å². The van der Waals surface area contributed by atoms with Gasteiger partial charge in [0.05, 0.1) is 6.26 Å². The normalized spacial score (nSPS) is 17.5. The summed E-state index contributed by atoms with van der Waals surface area (Å²) in [5.74, 6) is -0.279. The summed E-state index contributed by atoms with van der Waals surface area (Å²) in [7, 11) is -3.26. The molecule has 1 aliphatic heterocycles. The van der Waals surface area contributed by atoms with Crippen molar-refractivity contribution >= 4 is 15.9 Å². The fourth-order valence-electron chi connectivity index (χ4n) is 3.48. The van der Waals surface area contributed by atoms with Gasteiger partial charge in [-0.1, -0.05) is 23.8 Å². The number of benzene rings is 1. The van der Waals surface area contributed by atoms with Crippen LogP contribution in [0.25, 0.3) is 11.3 Å². The number of nitrogens with zero attached hydrogens (tertiary/aromatic N) is 1. The van der Waals surface area contributed by atoms with E-state index in [1.807, 2.05) is 31.2 Å². The van der Waals surface area contributed by atoms with Gasteiger partial charge in [-0.2, -0.15) is 0 Å². The third kappa shape index (κ3) is 5.08. The predicted molar refractivity (Wildman–Crippen MR) is 109 cm³/mol. The van der Waals surface area contributed by atoms with Crippen molar-refractivity contribution in [2.45, 2.75) is 19.8 Å². The molecule has 1 fully saturated rings. The van der Waals surface area contributed by atoms with E-state index in [1.165, 1.54) is 0 Å². The van der Waals surface area contributed by atoms with Gasteiger partial charge < -0.3 is 9.88 Å². The molecule has 1 aromatic carbocycles. The lowest BCUT2D eigenvalue weighted by Gasteiger charge is -2.32. The highest BCUT2D eigenvalue weighted by molar-refractivity contribution is 7.88. The van der Waals surface area contributed by atoms with Gasteiger partial charge in [0.25, 0.3) is 11.5 Å². The van der Waals surface area contributed by atoms with Crippen molar-refractivity contribution < 1.29 is 13.2 Å². The van der Waals surface area contributed by atoms with E-state index in [9.17, 15) is 18.0 Å². The van der Waals surface area contributed by atoms with Crippen molar-refractivity contribution in [2.75, 3.05) is 25.9 Å². The molecule has 0 bridgehead atoms. The van der Waals surface area contributed by atoms with Crippen molar-refractivity contribution in [3.63, 3.8) is 0 Å². The maximum absolute atomic E-state index is 12.8. The third-order valence-corrected chi connectivity index (χ3v) is 5.60. The Kier molecular flexibility index (Phi) is 6.00. The minimum atomic E-state index is -3.26. The van der Waals surface area contributed by atoms with Crippen molar-refractivity contribution in [3.05, 3.63) is 57.9 Å². The number of rotatable bonds is 5. The molecule has 28 heavy (non-hydrogen) atoms. The predicted octanol–water partition coefficient (Wildman–Crippen LogP) is 1.75. The number of piperidine rings is 1. The zero-order valence-electron chi connectivity index (χ0n) is 16.1. The van der Waals surface area contributed by atoms with Crippen LogP contribution in [0.2, 0.25) is 0 Å². The molecule has 8 heteroatoms. The molecule has 1 aromatic heterocycles. The molecule has 2 heterocycles. The molecule has 2 N–H and O–H groups in total. The second-order valence-corrected chi connectivity index (χ2v) is 9.20. The van der Waals surface area contributed by atoms with Crippen molar-refractivity contribution in [1.82, 2.24) is 14.6 Å². The lowest BCUT2D eigenvalue weighted by atomic mass is 9.97. The van der Waals surface area contributed by atoms with Crippen LogP contribution in [0.3, 0.4) is 0 Å². The second kappa shape index (κ2) is 8.28. The Bertz CT molecular complexity index is 1030. The average molecular weight is 404 g/mol. The number of nitrogens with one attached hydrogen (secondary N) is 2. The van der Waals surface area contributed by atoms with E-state index in [0.29, 0.717) is 25.3 Å². The number of amides is 1. The summed E-state index contributed by atoms with van der Waals surface area (Å²) in [5, 5.41) is 0. The average Bonchev–Trinajstić information content (AvgIpc) is 2.65. The van der Waals surface area contributed by atoms with Gasteiger partial charge in [0, 0.05) is 25.3 Å². The van der Waals surface area contributed by atoms with Crippen LogP contribution in [-0.4, -0.2) is 50.1 Å². The summed E-state index contributed by atoms with van der Waals surface area (Å²) in [6.07, 6.45) is 2.74. The lowest BCUT2D eigenvalue weighted by Crippen LogP contribution is -2.44. The fourth-order valence-corrected chi connectivity index (χ4v) is 4.02. The van der Waals surface area contributed by atoms with Crippen molar-refractivity contribution in [2.24, 2.45) is 5.92 Å². The maximum atomic E-state index is 12.8. The molecule has 1 atom stereocenters. The molecule has 0 radical (unpaired) electrons. The molecule has 7 nitrogen and oxygen atoms in total. The van der Waals surface area contributed by atoms with Gasteiger partial charge in [-0.25, -0.2) is 13.1 Å². The standard InChI is InChI=1S/C20H25N3O4S/c1-14-5-3-7-16(11-14)18-9-8-17(19(24)22-18)20(25)23-10-4-6-15(13-23)12-21-28(2,26)27/h3,5,7-9,11,15,21H,4,6,10,12-13H2,1-2H3,(H,22,24). The first-order chi connectivity index (χ1) is 13.2. The molecule has 0 spiro atoms. The SMILES string of the molecule is Cc1cccc(-c2ccc(C(=O)N3CCCC(CNS(C)(=O)=O)C3)c(=O)[nH]2)c1. The van der Waals surface area contributed by atoms with Crippen LogP contribution in [0.4, 0.5) is 0 Å². The van der Waals surface area contributed by atoms with Crippen LogP contribution in [0, 0.1) is 12.8 Å². The maximum Gasteiger partial charge on any atom is 0.261 e. The molecule has 150 valence electrons. The van der Waals surface area contributed by atoms with E-state index >= 15 is 0 Å². The van der Waals surface area contributed by atoms with E-state index < -0.39 is 15.6 Å². The number of pyridine rings is 1. The van der Waals surface area contributed by atoms with E-state index in [0.717, 1.165) is 30.2 Å². The Balaban J connectivity index is 1.74. The minimum Gasteiger partial charge on any atom is -0.338 e. The molecule has 0 aliphatic carbocycles. The number of hydrogen-bond acceptors (Lipinski definition) is 4. The monoisotopic (exact) mass is 403 g/mol. The summed E-state index contributed by atoms with van der Waals surface area (Å²) in [4.78, 5) is 29.8. The number of aryl methyl sites for hydroxylation is 1. The Hall–Kier alpha value is -2.45. The van der Waals surface area contributed by atoms with Crippen LogP contribution in [0.15, 0.2) is 41.2 Å². The number of hydrogen-bond donors (Lipinski definition) is 2. The molecule has 0 saturated carbocycles. The number of carbonyl (C=O) groups excluding carboxylic acids is 1. The first kappa shape index (κ1) is 20.3. The summed E-state index contributed by atoms with van der Waals surface area (Å²) >= 11 is 0. The molecule has 3 rings (SSSR count). The molecule has 1 amide bonds. The molecular formula is C20H25N3O4S. The smallest absolute Gasteiger partial charge is 0.261 e. The summed E-state index contributed by atoms with van der Waals surface area (Å²) in [5.41, 5.74) is 2.33. The van der Waals surface area contributed by atoms with Crippen LogP contribution in [0.5, 0.6) is 0 Å². The van der Waals surface area contributed by atoms with Gasteiger partial charge in [0.15, 0.2) is 0 Å². The first-order valence-corrected chi connectivity index (χ1v) is 11.2. The van der Waals surface area contributed by atoms with E-state index in [1.54, 1.807) is 17.0 Å². The number of aromatic amines is 1. The van der Waals surface area contributed by atoms with Crippen LogP contribution in [0.1, 0.15) is 28.8 Å². The van der Waals surface area contributed by atoms with E-state index in [4.69, 9.17) is 0 Å². The largest absolute Gasteiger partial charge is 0.338 e. The Morgan fingerprint density at radius 2 is 2.07 bits per heavy atom. The summed E-state index contributed by atoms with van der Waals surface area (Å²) in [6.45, 7) is 3.27. The Morgan fingerprint density at radius 1 is 1.29 bits per heavy atom. The zero-order valence-corrected chi connectivity index (χ0v) is 16.9. The number of likely N-dealkylation sites (tertiary alicyclic amines) is 1. The van der Waals surface area contributed by atoms with Gasteiger partial charge in [-0.3, -0.25) is 9.59 Å². The topological polar surface area (TPSA) is 99.3 Å². The Morgan fingerprint density at radius 3 is 2.75 bits per heavy atom. The van der Waals surface area contributed by atoms with Crippen LogP contribution < -0.4 is 10.3 Å². The summed E-state index contributed by atoms with van der Waals surface area (Å²) < 4.78 is 25.1. The number of sulfonamides is 1.